The van der Waals surface area contributed by atoms with Gasteiger partial charge >= 0.3 is 0 Å². The van der Waals surface area contributed by atoms with E-state index in [0.29, 0.717) is 6.54 Å². The average molecular weight is 343 g/mol. The Labute approximate surface area is 138 Å². The van der Waals surface area contributed by atoms with Crippen molar-refractivity contribution in [3.63, 3.8) is 0 Å². The van der Waals surface area contributed by atoms with Crippen molar-refractivity contribution >= 4 is 29.1 Å². The number of benzene rings is 1. The van der Waals surface area contributed by atoms with Gasteiger partial charge in [0.1, 0.15) is 5.56 Å². The molecule has 126 valence electrons. The highest BCUT2D eigenvalue weighted by Gasteiger charge is 2.23. The molecule has 0 radical (unpaired) electrons. The smallest absolute Gasteiger partial charge is 0.283 e. The van der Waals surface area contributed by atoms with Crippen molar-refractivity contribution in [2.45, 2.75) is 19.9 Å². The molecule has 23 heavy (non-hydrogen) atoms. The van der Waals surface area contributed by atoms with Crippen LogP contribution in [0.1, 0.15) is 24.2 Å². The Morgan fingerprint density at radius 2 is 2.04 bits per heavy atom. The Morgan fingerprint density at radius 1 is 1.35 bits per heavy atom. The van der Waals surface area contributed by atoms with Crippen LogP contribution >= 0.6 is 11.6 Å². The van der Waals surface area contributed by atoms with Crippen molar-refractivity contribution in [3.8, 4) is 0 Å². The SMILES string of the molecule is CCN[C@H](C)CNC(=O)CNC(=O)c1c(Cl)cccc1[N+](=O)[O-]. The molecule has 0 aliphatic heterocycles. The molecule has 2 amide bonds. The monoisotopic (exact) mass is 342 g/mol. The zero-order valence-corrected chi connectivity index (χ0v) is 13.6. The van der Waals surface area contributed by atoms with Crippen molar-refractivity contribution in [2.24, 2.45) is 0 Å². The highest BCUT2D eigenvalue weighted by molar-refractivity contribution is 6.34. The van der Waals surface area contributed by atoms with Gasteiger partial charge in [-0.05, 0) is 19.5 Å². The second-order valence-electron chi connectivity index (χ2n) is 4.84. The molecule has 0 aromatic heterocycles. The van der Waals surface area contributed by atoms with Crippen LogP contribution in [0.2, 0.25) is 5.02 Å². The molecule has 9 heteroatoms. The summed E-state index contributed by atoms with van der Waals surface area (Å²) >= 11 is 5.85. The Morgan fingerprint density at radius 3 is 2.65 bits per heavy atom. The van der Waals surface area contributed by atoms with E-state index in [1.807, 2.05) is 13.8 Å². The first kappa shape index (κ1) is 18.9. The van der Waals surface area contributed by atoms with Gasteiger partial charge in [0, 0.05) is 18.7 Å². The molecule has 1 atom stereocenters. The maximum atomic E-state index is 12.0. The lowest BCUT2D eigenvalue weighted by Crippen LogP contribution is -2.43. The van der Waals surface area contributed by atoms with Gasteiger partial charge in [0.25, 0.3) is 11.6 Å². The number of carbonyl (C=O) groups is 2. The summed E-state index contributed by atoms with van der Waals surface area (Å²) < 4.78 is 0. The van der Waals surface area contributed by atoms with Crippen LogP contribution in [0.15, 0.2) is 18.2 Å². The van der Waals surface area contributed by atoms with Gasteiger partial charge in [-0.25, -0.2) is 0 Å². The summed E-state index contributed by atoms with van der Waals surface area (Å²) in [6, 6.07) is 4.04. The molecule has 0 saturated carbocycles. The summed E-state index contributed by atoms with van der Waals surface area (Å²) in [4.78, 5) is 34.0. The fraction of sp³-hybridized carbons (Fsp3) is 0.429. The predicted octanol–water partition coefficient (Wildman–Crippen LogP) is 1.09. The topological polar surface area (TPSA) is 113 Å². The van der Waals surface area contributed by atoms with Crippen LogP contribution < -0.4 is 16.0 Å². The van der Waals surface area contributed by atoms with Crippen LogP contribution in [0.25, 0.3) is 0 Å². The molecule has 1 rings (SSSR count). The Kier molecular flexibility index (Phi) is 7.43. The zero-order chi connectivity index (χ0) is 17.4. The fourth-order valence-electron chi connectivity index (χ4n) is 1.89. The maximum Gasteiger partial charge on any atom is 0.283 e. The summed E-state index contributed by atoms with van der Waals surface area (Å²) in [7, 11) is 0. The summed E-state index contributed by atoms with van der Waals surface area (Å²) in [6.45, 7) is 4.77. The van der Waals surface area contributed by atoms with E-state index in [9.17, 15) is 19.7 Å². The van der Waals surface area contributed by atoms with Gasteiger partial charge in [0.2, 0.25) is 5.91 Å². The highest BCUT2D eigenvalue weighted by atomic mass is 35.5. The summed E-state index contributed by atoms with van der Waals surface area (Å²) in [5.41, 5.74) is -0.663. The normalized spacial score (nSPS) is 11.6. The molecule has 0 aliphatic carbocycles. The third-order valence-electron chi connectivity index (χ3n) is 2.98. The third kappa shape index (κ3) is 5.84. The number of rotatable bonds is 8. The molecule has 0 bridgehead atoms. The van der Waals surface area contributed by atoms with Gasteiger partial charge < -0.3 is 16.0 Å². The number of nitrogens with one attached hydrogen (secondary N) is 3. The van der Waals surface area contributed by atoms with Crippen LogP contribution in [0.5, 0.6) is 0 Å². The minimum atomic E-state index is -0.766. The summed E-state index contributed by atoms with van der Waals surface area (Å²) in [5, 5.41) is 19.0. The van der Waals surface area contributed by atoms with Crippen molar-refractivity contribution in [1.29, 1.82) is 0 Å². The first-order valence-corrected chi connectivity index (χ1v) is 7.45. The van der Waals surface area contributed by atoms with Crippen molar-refractivity contribution in [3.05, 3.63) is 38.9 Å². The predicted molar refractivity (Wildman–Crippen MR) is 86.6 cm³/mol. The Hall–Kier alpha value is -2.19. The minimum Gasteiger partial charge on any atom is -0.353 e. The third-order valence-corrected chi connectivity index (χ3v) is 3.30. The highest BCUT2D eigenvalue weighted by Crippen LogP contribution is 2.25. The summed E-state index contributed by atoms with van der Waals surface area (Å²) in [5.74, 6) is -1.16. The van der Waals surface area contributed by atoms with Crippen LogP contribution in [0, 0.1) is 10.1 Å². The minimum absolute atomic E-state index is 0.0436. The zero-order valence-electron chi connectivity index (χ0n) is 12.9. The first-order chi connectivity index (χ1) is 10.9. The molecule has 0 spiro atoms. The van der Waals surface area contributed by atoms with Gasteiger partial charge in [0.05, 0.1) is 16.5 Å². The standard InChI is InChI=1S/C14H19ClN4O4/c1-3-16-9(2)7-17-12(20)8-18-14(21)13-10(15)5-4-6-11(13)19(22)23/h4-6,9,16H,3,7-8H2,1-2H3,(H,17,20)(H,18,21)/t9-/m1/s1. The van der Waals surface area contributed by atoms with Gasteiger partial charge in [-0.3, -0.25) is 19.7 Å². The number of nitro groups is 1. The number of amides is 2. The van der Waals surface area contributed by atoms with Gasteiger partial charge in [-0.2, -0.15) is 0 Å². The van der Waals surface area contributed by atoms with E-state index in [0.717, 1.165) is 6.54 Å². The van der Waals surface area contributed by atoms with E-state index in [1.165, 1.54) is 18.2 Å². The van der Waals surface area contributed by atoms with Crippen molar-refractivity contribution < 1.29 is 14.5 Å². The molecule has 0 heterocycles. The molecule has 8 nitrogen and oxygen atoms in total. The Bertz CT molecular complexity index is 594. The molecular weight excluding hydrogens is 324 g/mol. The van der Waals surface area contributed by atoms with Crippen LogP contribution in [0.3, 0.4) is 0 Å². The van der Waals surface area contributed by atoms with E-state index >= 15 is 0 Å². The van der Waals surface area contributed by atoms with Crippen LogP contribution in [0.4, 0.5) is 5.69 Å². The van der Waals surface area contributed by atoms with E-state index < -0.39 is 22.4 Å². The van der Waals surface area contributed by atoms with Gasteiger partial charge in [0.15, 0.2) is 0 Å². The largest absolute Gasteiger partial charge is 0.353 e. The van der Waals surface area contributed by atoms with Gasteiger partial charge in [-0.1, -0.05) is 24.6 Å². The van der Waals surface area contributed by atoms with Crippen molar-refractivity contribution in [1.82, 2.24) is 16.0 Å². The van der Waals surface area contributed by atoms with E-state index in [2.05, 4.69) is 16.0 Å². The lowest BCUT2D eigenvalue weighted by molar-refractivity contribution is -0.385. The number of nitrogens with zero attached hydrogens (tertiary/aromatic N) is 1. The van der Waals surface area contributed by atoms with Crippen LogP contribution in [-0.4, -0.2) is 42.4 Å². The summed E-state index contributed by atoms with van der Waals surface area (Å²) in [6.07, 6.45) is 0. The number of hydrogen-bond acceptors (Lipinski definition) is 5. The van der Waals surface area contributed by atoms with E-state index in [1.54, 1.807) is 0 Å². The molecule has 0 saturated heterocycles. The number of likely N-dealkylation sites (N-methyl/N-ethyl adjacent to an activating group) is 1. The quantitative estimate of drug-likeness (QED) is 0.483. The van der Waals surface area contributed by atoms with E-state index in [-0.39, 0.29) is 23.2 Å². The molecule has 1 aromatic rings. The molecule has 1 aromatic carbocycles. The maximum absolute atomic E-state index is 12.0. The molecule has 0 fully saturated rings. The number of hydrogen-bond donors (Lipinski definition) is 3. The second kappa shape index (κ2) is 9.06. The number of halogens is 1. The Balaban J connectivity index is 2.61. The first-order valence-electron chi connectivity index (χ1n) is 7.08. The molecular formula is C14H19ClN4O4. The molecule has 0 unspecified atom stereocenters. The lowest BCUT2D eigenvalue weighted by Gasteiger charge is -2.13. The fourth-order valence-corrected chi connectivity index (χ4v) is 2.14. The number of carbonyl (C=O) groups excluding carboxylic acids is 2. The van der Waals surface area contributed by atoms with E-state index in [4.69, 9.17) is 11.6 Å². The van der Waals surface area contributed by atoms with Crippen molar-refractivity contribution in [2.75, 3.05) is 19.6 Å². The molecule has 0 aliphatic rings. The lowest BCUT2D eigenvalue weighted by atomic mass is 10.1. The number of nitro benzene ring substituents is 1. The average Bonchev–Trinajstić information content (AvgIpc) is 2.50. The molecule has 3 N–H and O–H groups in total. The second-order valence-corrected chi connectivity index (χ2v) is 5.24. The van der Waals surface area contributed by atoms with Gasteiger partial charge in [-0.15, -0.1) is 0 Å². The van der Waals surface area contributed by atoms with Crippen LogP contribution in [-0.2, 0) is 4.79 Å².